The van der Waals surface area contributed by atoms with E-state index in [0.29, 0.717) is 19.1 Å². The van der Waals surface area contributed by atoms with Gasteiger partial charge in [-0.1, -0.05) is 6.07 Å². The normalized spacial score (nSPS) is 14.1. The fourth-order valence-electron chi connectivity index (χ4n) is 1.91. The topological polar surface area (TPSA) is 21.7 Å². The molecule has 2 rings (SSSR count). The van der Waals surface area contributed by atoms with Gasteiger partial charge in [-0.05, 0) is 37.7 Å². The van der Waals surface area contributed by atoms with Crippen molar-refractivity contribution >= 4 is 11.6 Å². The number of fused-ring (bicyclic) bond motifs is 1. The van der Waals surface area contributed by atoms with Crippen LogP contribution in [0.15, 0.2) is 18.2 Å². The maximum absolute atomic E-state index is 5.68. The van der Waals surface area contributed by atoms with Gasteiger partial charge in [-0.2, -0.15) is 0 Å². The molecule has 0 saturated carbocycles. The monoisotopic (exact) mass is 255 g/mol. The molecule has 0 unspecified atom stereocenters. The van der Waals surface area contributed by atoms with Gasteiger partial charge in [0.15, 0.2) is 11.5 Å². The third kappa shape index (κ3) is 3.51. The first kappa shape index (κ1) is 12.5. The van der Waals surface area contributed by atoms with E-state index in [9.17, 15) is 0 Å². The van der Waals surface area contributed by atoms with Crippen LogP contribution in [-0.2, 0) is 6.54 Å². The molecule has 0 spiro atoms. The Balaban J connectivity index is 1.97. The third-order valence-electron chi connectivity index (χ3n) is 2.73. The summed E-state index contributed by atoms with van der Waals surface area (Å²) in [6.45, 7) is 3.20. The molecule has 0 fully saturated rings. The van der Waals surface area contributed by atoms with Crippen molar-refractivity contribution in [3.05, 3.63) is 23.8 Å². The van der Waals surface area contributed by atoms with Crippen LogP contribution >= 0.6 is 11.6 Å². The van der Waals surface area contributed by atoms with Crippen molar-refractivity contribution in [2.45, 2.75) is 13.0 Å². The maximum atomic E-state index is 5.68. The van der Waals surface area contributed by atoms with Crippen LogP contribution in [0.1, 0.15) is 12.0 Å². The van der Waals surface area contributed by atoms with Gasteiger partial charge in [0.1, 0.15) is 13.2 Å². The van der Waals surface area contributed by atoms with Crippen molar-refractivity contribution in [2.24, 2.45) is 0 Å². The quantitative estimate of drug-likeness (QED) is 0.755. The molecule has 0 aliphatic carbocycles. The van der Waals surface area contributed by atoms with E-state index in [4.69, 9.17) is 21.1 Å². The van der Waals surface area contributed by atoms with Crippen LogP contribution in [-0.4, -0.2) is 37.6 Å². The minimum atomic E-state index is 0.637. The second-order valence-corrected chi connectivity index (χ2v) is 4.64. The van der Waals surface area contributed by atoms with Gasteiger partial charge in [0.25, 0.3) is 0 Å². The summed E-state index contributed by atoms with van der Waals surface area (Å²) in [4.78, 5) is 2.26. The van der Waals surface area contributed by atoms with E-state index in [1.807, 2.05) is 6.07 Å². The maximum Gasteiger partial charge on any atom is 0.161 e. The van der Waals surface area contributed by atoms with Crippen LogP contribution in [0.5, 0.6) is 11.5 Å². The Kier molecular flexibility index (Phi) is 4.51. The predicted octanol–water partition coefficient (Wildman–Crippen LogP) is 2.52. The molecule has 1 aromatic carbocycles. The van der Waals surface area contributed by atoms with E-state index >= 15 is 0 Å². The Morgan fingerprint density at radius 2 is 2.00 bits per heavy atom. The molecular formula is C13H18ClNO2. The van der Waals surface area contributed by atoms with Gasteiger partial charge in [-0.25, -0.2) is 0 Å². The zero-order chi connectivity index (χ0) is 12.1. The van der Waals surface area contributed by atoms with E-state index in [-0.39, 0.29) is 0 Å². The van der Waals surface area contributed by atoms with Crippen LogP contribution in [0.4, 0.5) is 0 Å². The first-order valence-electron chi connectivity index (χ1n) is 5.92. The number of benzene rings is 1. The molecule has 1 aliphatic heterocycles. The molecule has 4 heteroatoms. The first-order chi connectivity index (χ1) is 8.29. The molecule has 0 N–H and O–H groups in total. The van der Waals surface area contributed by atoms with Crippen molar-refractivity contribution in [1.82, 2.24) is 4.90 Å². The number of rotatable bonds is 5. The number of ether oxygens (including phenoxy) is 2. The lowest BCUT2D eigenvalue weighted by molar-refractivity contribution is 0.171. The van der Waals surface area contributed by atoms with Crippen LogP contribution in [0, 0.1) is 0 Å². The highest BCUT2D eigenvalue weighted by atomic mass is 35.5. The van der Waals surface area contributed by atoms with Gasteiger partial charge < -0.3 is 14.4 Å². The molecule has 0 bridgehead atoms. The fourth-order valence-corrected chi connectivity index (χ4v) is 2.03. The lowest BCUT2D eigenvalue weighted by atomic mass is 10.2. The summed E-state index contributed by atoms with van der Waals surface area (Å²) in [6.07, 6.45) is 1.02. The molecule has 0 atom stereocenters. The van der Waals surface area contributed by atoms with Gasteiger partial charge >= 0.3 is 0 Å². The van der Waals surface area contributed by atoms with Crippen molar-refractivity contribution in [3.8, 4) is 11.5 Å². The number of alkyl halides is 1. The van der Waals surface area contributed by atoms with Gasteiger partial charge in [-0.15, -0.1) is 11.6 Å². The van der Waals surface area contributed by atoms with Crippen molar-refractivity contribution in [3.63, 3.8) is 0 Å². The van der Waals surface area contributed by atoms with E-state index in [2.05, 4.69) is 24.1 Å². The van der Waals surface area contributed by atoms with Crippen LogP contribution in [0.25, 0.3) is 0 Å². The number of hydrogen-bond acceptors (Lipinski definition) is 3. The van der Waals surface area contributed by atoms with Gasteiger partial charge in [0.2, 0.25) is 0 Å². The molecule has 0 amide bonds. The zero-order valence-corrected chi connectivity index (χ0v) is 10.9. The van der Waals surface area contributed by atoms with E-state index in [0.717, 1.165) is 31.0 Å². The lowest BCUT2D eigenvalue weighted by Crippen LogP contribution is -2.20. The summed E-state index contributed by atoms with van der Waals surface area (Å²) in [6, 6.07) is 6.13. The van der Waals surface area contributed by atoms with Gasteiger partial charge in [0, 0.05) is 12.4 Å². The Labute approximate surface area is 107 Å². The standard InChI is InChI=1S/C13H18ClNO2/c1-15(6-2-5-14)10-11-3-4-12-13(9-11)17-8-7-16-12/h3-4,9H,2,5-8,10H2,1H3. The molecule has 1 aliphatic rings. The van der Waals surface area contributed by atoms with Crippen molar-refractivity contribution < 1.29 is 9.47 Å². The highest BCUT2D eigenvalue weighted by Crippen LogP contribution is 2.30. The average molecular weight is 256 g/mol. The highest BCUT2D eigenvalue weighted by Gasteiger charge is 2.12. The minimum absolute atomic E-state index is 0.637. The summed E-state index contributed by atoms with van der Waals surface area (Å²) < 4.78 is 11.1. The molecular weight excluding hydrogens is 238 g/mol. The number of nitrogens with zero attached hydrogens (tertiary/aromatic N) is 1. The Hall–Kier alpha value is -0.930. The molecule has 0 saturated heterocycles. The summed E-state index contributed by atoms with van der Waals surface area (Å²) in [7, 11) is 2.10. The minimum Gasteiger partial charge on any atom is -0.486 e. The summed E-state index contributed by atoms with van der Waals surface area (Å²) >= 11 is 5.68. The molecule has 3 nitrogen and oxygen atoms in total. The Bertz CT molecular complexity index is 370. The molecule has 0 radical (unpaired) electrons. The molecule has 94 valence electrons. The summed E-state index contributed by atoms with van der Waals surface area (Å²) in [5.41, 5.74) is 1.24. The Morgan fingerprint density at radius 3 is 2.76 bits per heavy atom. The molecule has 1 heterocycles. The van der Waals surface area contributed by atoms with Crippen LogP contribution < -0.4 is 9.47 Å². The number of hydrogen-bond donors (Lipinski definition) is 0. The Morgan fingerprint density at radius 1 is 1.24 bits per heavy atom. The van der Waals surface area contributed by atoms with Gasteiger partial charge in [-0.3, -0.25) is 0 Å². The summed E-state index contributed by atoms with van der Waals surface area (Å²) in [5.74, 6) is 2.42. The van der Waals surface area contributed by atoms with E-state index in [1.54, 1.807) is 0 Å². The summed E-state index contributed by atoms with van der Waals surface area (Å²) in [5, 5.41) is 0. The number of halogens is 1. The second kappa shape index (κ2) is 6.12. The molecule has 1 aromatic rings. The van der Waals surface area contributed by atoms with E-state index in [1.165, 1.54) is 5.56 Å². The first-order valence-corrected chi connectivity index (χ1v) is 6.46. The van der Waals surface area contributed by atoms with E-state index < -0.39 is 0 Å². The predicted molar refractivity (Wildman–Crippen MR) is 69.1 cm³/mol. The van der Waals surface area contributed by atoms with Crippen molar-refractivity contribution in [2.75, 3.05) is 32.7 Å². The fraction of sp³-hybridized carbons (Fsp3) is 0.538. The third-order valence-corrected chi connectivity index (χ3v) is 3.00. The lowest BCUT2D eigenvalue weighted by Gasteiger charge is -2.20. The molecule has 0 aromatic heterocycles. The smallest absolute Gasteiger partial charge is 0.161 e. The molecule has 17 heavy (non-hydrogen) atoms. The SMILES string of the molecule is CN(CCCCl)Cc1ccc2c(c1)OCCO2. The van der Waals surface area contributed by atoms with Gasteiger partial charge in [0.05, 0.1) is 0 Å². The van der Waals surface area contributed by atoms with Crippen molar-refractivity contribution in [1.29, 1.82) is 0 Å². The zero-order valence-electron chi connectivity index (χ0n) is 10.1. The second-order valence-electron chi connectivity index (χ2n) is 4.26. The van der Waals surface area contributed by atoms with Crippen LogP contribution in [0.3, 0.4) is 0 Å². The van der Waals surface area contributed by atoms with Crippen LogP contribution in [0.2, 0.25) is 0 Å². The largest absolute Gasteiger partial charge is 0.486 e. The highest BCUT2D eigenvalue weighted by molar-refractivity contribution is 6.17. The average Bonchev–Trinajstić information content (AvgIpc) is 2.36.